The number of benzene rings is 1. The van der Waals surface area contributed by atoms with Crippen molar-refractivity contribution in [3.05, 3.63) is 41.8 Å². The van der Waals surface area contributed by atoms with Gasteiger partial charge in [-0.15, -0.1) is 0 Å². The first kappa shape index (κ1) is 17.5. The summed E-state index contributed by atoms with van der Waals surface area (Å²) < 4.78 is 24.2. The largest absolute Gasteiger partial charge is 0.497 e. The van der Waals surface area contributed by atoms with Gasteiger partial charge in [0, 0.05) is 6.54 Å². The van der Waals surface area contributed by atoms with Crippen LogP contribution in [0.25, 0.3) is 0 Å². The summed E-state index contributed by atoms with van der Waals surface area (Å²) in [7, 11) is 1.57. The predicted octanol–water partition coefficient (Wildman–Crippen LogP) is 2.73. The molecule has 2 aromatic rings. The maximum Gasteiger partial charge on any atom is 0.320 e. The molecule has 2 amide bonds. The minimum absolute atomic E-state index is 0.0370. The summed E-state index contributed by atoms with van der Waals surface area (Å²) in [6.45, 7) is 2.58. The second-order valence-corrected chi connectivity index (χ2v) is 4.87. The van der Waals surface area contributed by atoms with E-state index in [4.69, 9.17) is 9.47 Å². The van der Waals surface area contributed by atoms with Crippen molar-refractivity contribution >= 4 is 11.8 Å². The molecule has 128 valence electrons. The van der Waals surface area contributed by atoms with Gasteiger partial charge in [0.2, 0.25) is 0 Å². The number of nitrogens with zero attached hydrogens (tertiary/aromatic N) is 2. The molecular formula is C16H19FN4O3. The van der Waals surface area contributed by atoms with E-state index in [2.05, 4.69) is 20.6 Å². The van der Waals surface area contributed by atoms with E-state index in [0.717, 1.165) is 18.2 Å². The Bertz CT molecular complexity index is 697. The van der Waals surface area contributed by atoms with Crippen molar-refractivity contribution in [2.75, 3.05) is 19.0 Å². The number of urea groups is 1. The zero-order valence-corrected chi connectivity index (χ0v) is 13.5. The highest BCUT2D eigenvalue weighted by atomic mass is 19.1. The molecule has 0 bridgehead atoms. The summed E-state index contributed by atoms with van der Waals surface area (Å²) in [6.07, 6.45) is 1.72. The Balaban J connectivity index is 2.00. The third-order valence-electron chi connectivity index (χ3n) is 2.99. The Morgan fingerprint density at radius 3 is 2.96 bits per heavy atom. The van der Waals surface area contributed by atoms with Crippen LogP contribution in [0.2, 0.25) is 0 Å². The zero-order chi connectivity index (χ0) is 17.4. The lowest BCUT2D eigenvalue weighted by molar-refractivity contribution is 0.251. The van der Waals surface area contributed by atoms with E-state index in [1.54, 1.807) is 13.2 Å². The van der Waals surface area contributed by atoms with Crippen LogP contribution in [0.3, 0.4) is 0 Å². The van der Waals surface area contributed by atoms with E-state index in [9.17, 15) is 9.18 Å². The summed E-state index contributed by atoms with van der Waals surface area (Å²) in [5, 5.41) is 4.89. The van der Waals surface area contributed by atoms with E-state index in [-0.39, 0.29) is 18.4 Å². The first-order chi connectivity index (χ1) is 11.6. The van der Waals surface area contributed by atoms with Crippen molar-refractivity contribution in [1.29, 1.82) is 0 Å². The van der Waals surface area contributed by atoms with Crippen LogP contribution in [0.4, 0.5) is 15.0 Å². The molecule has 0 saturated heterocycles. The molecule has 1 aromatic carbocycles. The Morgan fingerprint density at radius 2 is 2.21 bits per heavy atom. The molecule has 0 unspecified atom stereocenters. The minimum Gasteiger partial charge on any atom is -0.497 e. The Morgan fingerprint density at radius 1 is 1.38 bits per heavy atom. The van der Waals surface area contributed by atoms with Crippen LogP contribution >= 0.6 is 0 Å². The smallest absolute Gasteiger partial charge is 0.320 e. The Hall–Kier alpha value is -2.90. The molecule has 2 rings (SSSR count). The molecule has 0 saturated carbocycles. The van der Waals surface area contributed by atoms with Crippen LogP contribution in [0, 0.1) is 5.82 Å². The van der Waals surface area contributed by atoms with Crippen molar-refractivity contribution in [2.24, 2.45) is 0 Å². The quantitative estimate of drug-likeness (QED) is 0.813. The van der Waals surface area contributed by atoms with E-state index in [1.807, 2.05) is 25.1 Å². The number of rotatable bonds is 7. The third-order valence-corrected chi connectivity index (χ3v) is 2.99. The number of amides is 2. The van der Waals surface area contributed by atoms with Crippen molar-refractivity contribution < 1.29 is 18.7 Å². The maximum absolute atomic E-state index is 13.7. The Kier molecular flexibility index (Phi) is 6.30. The van der Waals surface area contributed by atoms with Crippen LogP contribution in [-0.4, -0.2) is 29.7 Å². The first-order valence-corrected chi connectivity index (χ1v) is 7.45. The number of carbonyl (C=O) groups is 1. The predicted molar refractivity (Wildman–Crippen MR) is 86.6 cm³/mol. The molecule has 1 heterocycles. The fraction of sp³-hybridized carbons (Fsp3) is 0.312. The van der Waals surface area contributed by atoms with Gasteiger partial charge in [0.15, 0.2) is 11.6 Å². The highest BCUT2D eigenvalue weighted by Gasteiger charge is 2.11. The van der Waals surface area contributed by atoms with Gasteiger partial charge < -0.3 is 14.8 Å². The number of hydrogen-bond donors (Lipinski definition) is 2. The standard InChI is InChI=1S/C16H19FN4O3/c1-3-7-18-15(22)20-14-13(17)9-19-16(21-14)24-10-11-5-4-6-12(8-11)23-2/h4-6,8-9H,3,7,10H2,1-2H3,(H2,18,19,20,21,22). The van der Waals surface area contributed by atoms with E-state index in [0.29, 0.717) is 12.3 Å². The number of hydrogen-bond acceptors (Lipinski definition) is 5. The highest BCUT2D eigenvalue weighted by molar-refractivity contribution is 5.88. The average Bonchev–Trinajstić information content (AvgIpc) is 2.60. The molecule has 0 aliphatic carbocycles. The molecule has 8 heteroatoms. The summed E-state index contributed by atoms with van der Waals surface area (Å²) in [6, 6.07) is 6.73. The molecule has 0 aliphatic rings. The number of anilines is 1. The van der Waals surface area contributed by atoms with Gasteiger partial charge in [0.1, 0.15) is 12.4 Å². The van der Waals surface area contributed by atoms with Crippen LogP contribution < -0.4 is 20.1 Å². The van der Waals surface area contributed by atoms with Gasteiger partial charge in [0.25, 0.3) is 0 Å². The molecule has 2 N–H and O–H groups in total. The minimum atomic E-state index is -0.740. The van der Waals surface area contributed by atoms with E-state index < -0.39 is 11.8 Å². The van der Waals surface area contributed by atoms with E-state index >= 15 is 0 Å². The molecule has 24 heavy (non-hydrogen) atoms. The SMILES string of the molecule is CCCNC(=O)Nc1nc(OCc2cccc(OC)c2)ncc1F. The second kappa shape index (κ2) is 8.66. The first-order valence-electron chi connectivity index (χ1n) is 7.45. The topological polar surface area (TPSA) is 85.4 Å². The van der Waals surface area contributed by atoms with Crippen molar-refractivity contribution in [1.82, 2.24) is 15.3 Å². The van der Waals surface area contributed by atoms with Crippen molar-refractivity contribution in [2.45, 2.75) is 20.0 Å². The molecular weight excluding hydrogens is 315 g/mol. The van der Waals surface area contributed by atoms with Crippen LogP contribution in [0.5, 0.6) is 11.8 Å². The molecule has 7 nitrogen and oxygen atoms in total. The number of methoxy groups -OCH3 is 1. The second-order valence-electron chi connectivity index (χ2n) is 4.87. The molecule has 0 atom stereocenters. The number of ether oxygens (including phenoxy) is 2. The highest BCUT2D eigenvalue weighted by Crippen LogP contribution is 2.16. The van der Waals surface area contributed by atoms with Crippen molar-refractivity contribution in [3.8, 4) is 11.8 Å². The van der Waals surface area contributed by atoms with Gasteiger partial charge in [-0.1, -0.05) is 19.1 Å². The number of nitrogens with one attached hydrogen (secondary N) is 2. The van der Waals surface area contributed by atoms with Gasteiger partial charge in [-0.25, -0.2) is 14.2 Å². The molecule has 0 aliphatic heterocycles. The number of aromatic nitrogens is 2. The lowest BCUT2D eigenvalue weighted by Gasteiger charge is -2.09. The summed E-state index contributed by atoms with van der Waals surface area (Å²) in [5.74, 6) is -0.277. The molecule has 0 fully saturated rings. The van der Waals surface area contributed by atoms with Gasteiger partial charge in [-0.05, 0) is 24.1 Å². The molecule has 0 spiro atoms. The summed E-state index contributed by atoms with van der Waals surface area (Å²) in [5.41, 5.74) is 0.845. The molecule has 1 aromatic heterocycles. The van der Waals surface area contributed by atoms with Crippen LogP contribution in [0.1, 0.15) is 18.9 Å². The van der Waals surface area contributed by atoms with Gasteiger partial charge >= 0.3 is 12.0 Å². The average molecular weight is 334 g/mol. The zero-order valence-electron chi connectivity index (χ0n) is 13.5. The van der Waals surface area contributed by atoms with E-state index in [1.165, 1.54) is 0 Å². The van der Waals surface area contributed by atoms with Gasteiger partial charge in [0.05, 0.1) is 13.3 Å². The number of halogens is 1. The summed E-state index contributed by atoms with van der Waals surface area (Å²) in [4.78, 5) is 19.2. The van der Waals surface area contributed by atoms with Crippen LogP contribution in [0.15, 0.2) is 30.5 Å². The lowest BCUT2D eigenvalue weighted by atomic mass is 10.2. The lowest BCUT2D eigenvalue weighted by Crippen LogP contribution is -2.30. The van der Waals surface area contributed by atoms with Gasteiger partial charge in [-0.3, -0.25) is 5.32 Å². The third kappa shape index (κ3) is 5.08. The van der Waals surface area contributed by atoms with Crippen molar-refractivity contribution in [3.63, 3.8) is 0 Å². The maximum atomic E-state index is 13.7. The monoisotopic (exact) mass is 334 g/mol. The fourth-order valence-electron chi connectivity index (χ4n) is 1.81. The number of carbonyl (C=O) groups excluding carboxylic acids is 1. The molecule has 0 radical (unpaired) electrons. The normalized spacial score (nSPS) is 10.1. The van der Waals surface area contributed by atoms with Gasteiger partial charge in [-0.2, -0.15) is 4.98 Å². The summed E-state index contributed by atoms with van der Waals surface area (Å²) >= 11 is 0. The Labute approximate surface area is 139 Å². The fourth-order valence-corrected chi connectivity index (χ4v) is 1.81. The van der Waals surface area contributed by atoms with Crippen LogP contribution in [-0.2, 0) is 6.61 Å².